The molecule has 3 aromatic rings. The van der Waals surface area contributed by atoms with Crippen LogP contribution in [0.3, 0.4) is 0 Å². The molecular formula is C23H21NO3. The third-order valence-electron chi connectivity index (χ3n) is 4.18. The van der Waals surface area contributed by atoms with Gasteiger partial charge >= 0.3 is 5.97 Å². The van der Waals surface area contributed by atoms with E-state index in [9.17, 15) is 9.59 Å². The van der Waals surface area contributed by atoms with Crippen molar-refractivity contribution in [2.24, 2.45) is 0 Å². The van der Waals surface area contributed by atoms with Crippen LogP contribution in [-0.2, 0) is 9.53 Å². The highest BCUT2D eigenvalue weighted by molar-refractivity contribution is 5.99. The predicted molar refractivity (Wildman–Crippen MR) is 107 cm³/mol. The number of carbonyl (C=O) groups is 2. The second kappa shape index (κ2) is 8.32. The number of carbonyl (C=O) groups excluding carboxylic acids is 2. The minimum atomic E-state index is -0.915. The Bertz CT molecular complexity index is 951. The first kappa shape index (κ1) is 18.4. The summed E-state index contributed by atoms with van der Waals surface area (Å²) in [7, 11) is 0. The van der Waals surface area contributed by atoms with E-state index in [1.807, 2.05) is 67.6 Å². The van der Waals surface area contributed by atoms with Gasteiger partial charge in [0.1, 0.15) is 0 Å². The highest BCUT2D eigenvalue weighted by Crippen LogP contribution is 2.27. The Kier molecular flexibility index (Phi) is 5.67. The topological polar surface area (TPSA) is 55.4 Å². The van der Waals surface area contributed by atoms with Crippen molar-refractivity contribution >= 4 is 17.6 Å². The lowest BCUT2D eigenvalue weighted by Gasteiger charge is -2.16. The van der Waals surface area contributed by atoms with Gasteiger partial charge in [-0.05, 0) is 37.6 Å². The van der Waals surface area contributed by atoms with Crippen molar-refractivity contribution in [3.63, 3.8) is 0 Å². The summed E-state index contributed by atoms with van der Waals surface area (Å²) in [4.78, 5) is 24.8. The van der Waals surface area contributed by atoms with Crippen LogP contribution in [0.25, 0.3) is 11.1 Å². The maximum Gasteiger partial charge on any atom is 0.338 e. The Labute approximate surface area is 158 Å². The van der Waals surface area contributed by atoms with E-state index in [1.165, 1.54) is 0 Å². The molecule has 1 N–H and O–H groups in total. The van der Waals surface area contributed by atoms with Crippen LogP contribution in [0, 0.1) is 6.92 Å². The number of rotatable bonds is 5. The van der Waals surface area contributed by atoms with Gasteiger partial charge in [-0.15, -0.1) is 0 Å². The van der Waals surface area contributed by atoms with E-state index in [1.54, 1.807) is 25.1 Å². The summed E-state index contributed by atoms with van der Waals surface area (Å²) < 4.78 is 5.32. The molecule has 0 fully saturated rings. The van der Waals surface area contributed by atoms with Gasteiger partial charge in [-0.2, -0.15) is 0 Å². The fraction of sp³-hybridized carbons (Fsp3) is 0.130. The first-order valence-electron chi connectivity index (χ1n) is 8.77. The van der Waals surface area contributed by atoms with Crippen molar-refractivity contribution in [1.82, 2.24) is 0 Å². The largest absolute Gasteiger partial charge is 0.449 e. The number of para-hydroxylation sites is 1. The molecule has 0 bridgehead atoms. The number of hydrogen-bond acceptors (Lipinski definition) is 3. The second-order valence-electron chi connectivity index (χ2n) is 6.32. The summed E-state index contributed by atoms with van der Waals surface area (Å²) in [6, 6.07) is 24.4. The summed E-state index contributed by atoms with van der Waals surface area (Å²) in [5.41, 5.74) is 3.96. The number of anilines is 1. The van der Waals surface area contributed by atoms with Crippen molar-refractivity contribution in [2.75, 3.05) is 5.32 Å². The molecule has 0 heterocycles. The van der Waals surface area contributed by atoms with E-state index in [-0.39, 0.29) is 5.91 Å². The molecular weight excluding hydrogens is 338 g/mol. The Morgan fingerprint density at radius 2 is 1.59 bits per heavy atom. The van der Waals surface area contributed by atoms with Crippen LogP contribution in [0.2, 0.25) is 0 Å². The maximum atomic E-state index is 12.5. The van der Waals surface area contributed by atoms with Gasteiger partial charge in [-0.1, -0.05) is 66.2 Å². The molecule has 0 unspecified atom stereocenters. The number of hydrogen-bond donors (Lipinski definition) is 1. The molecule has 3 aromatic carbocycles. The molecule has 1 atom stereocenters. The van der Waals surface area contributed by atoms with Crippen LogP contribution in [0.1, 0.15) is 22.8 Å². The van der Waals surface area contributed by atoms with Crippen LogP contribution < -0.4 is 5.32 Å². The zero-order valence-corrected chi connectivity index (χ0v) is 15.3. The molecule has 0 radical (unpaired) electrons. The van der Waals surface area contributed by atoms with Crippen LogP contribution in [-0.4, -0.2) is 18.0 Å². The zero-order valence-electron chi connectivity index (χ0n) is 15.3. The van der Waals surface area contributed by atoms with E-state index in [0.717, 1.165) is 16.7 Å². The van der Waals surface area contributed by atoms with Gasteiger partial charge in [0.15, 0.2) is 6.10 Å². The minimum Gasteiger partial charge on any atom is -0.449 e. The lowest BCUT2D eigenvalue weighted by molar-refractivity contribution is -0.123. The highest BCUT2D eigenvalue weighted by Gasteiger charge is 2.20. The molecule has 0 saturated carbocycles. The van der Waals surface area contributed by atoms with E-state index in [2.05, 4.69) is 5.32 Å². The minimum absolute atomic E-state index is 0.376. The standard InChI is InChI=1S/C23H21NO3/c1-16-9-8-12-19(15-16)23(26)27-17(2)22(25)24-21-14-7-6-13-20(21)18-10-4-3-5-11-18/h3-15,17H,1-2H3,(H,24,25)/t17-/m1/s1. The molecule has 0 aliphatic carbocycles. The first-order chi connectivity index (χ1) is 13.0. The summed E-state index contributed by atoms with van der Waals surface area (Å²) in [5, 5.41) is 2.86. The lowest BCUT2D eigenvalue weighted by atomic mass is 10.0. The van der Waals surface area contributed by atoms with E-state index in [0.29, 0.717) is 11.3 Å². The number of benzene rings is 3. The lowest BCUT2D eigenvalue weighted by Crippen LogP contribution is -2.30. The summed E-state index contributed by atoms with van der Waals surface area (Å²) >= 11 is 0. The second-order valence-corrected chi connectivity index (χ2v) is 6.32. The number of amides is 1. The first-order valence-corrected chi connectivity index (χ1v) is 8.77. The average Bonchev–Trinajstić information content (AvgIpc) is 2.69. The average molecular weight is 359 g/mol. The van der Waals surface area contributed by atoms with Crippen molar-refractivity contribution < 1.29 is 14.3 Å². The fourth-order valence-electron chi connectivity index (χ4n) is 2.75. The molecule has 1 amide bonds. The van der Waals surface area contributed by atoms with Crippen molar-refractivity contribution in [3.05, 3.63) is 90.0 Å². The smallest absolute Gasteiger partial charge is 0.338 e. The highest BCUT2D eigenvalue weighted by atomic mass is 16.5. The van der Waals surface area contributed by atoms with Crippen LogP contribution in [0.15, 0.2) is 78.9 Å². The van der Waals surface area contributed by atoms with Gasteiger partial charge in [-0.25, -0.2) is 4.79 Å². The SMILES string of the molecule is Cc1cccc(C(=O)O[C@H](C)C(=O)Nc2ccccc2-c2ccccc2)c1. The fourth-order valence-corrected chi connectivity index (χ4v) is 2.75. The van der Waals surface area contributed by atoms with Gasteiger partial charge in [0.2, 0.25) is 0 Å². The number of aryl methyl sites for hydroxylation is 1. The Morgan fingerprint density at radius 3 is 2.33 bits per heavy atom. The van der Waals surface area contributed by atoms with Crippen LogP contribution in [0.4, 0.5) is 5.69 Å². The monoisotopic (exact) mass is 359 g/mol. The van der Waals surface area contributed by atoms with Gasteiger partial charge in [-0.3, -0.25) is 4.79 Å². The molecule has 4 nitrogen and oxygen atoms in total. The van der Waals surface area contributed by atoms with Crippen molar-refractivity contribution in [3.8, 4) is 11.1 Å². The quantitative estimate of drug-likeness (QED) is 0.663. The Hall–Kier alpha value is -3.40. The molecule has 3 rings (SSSR count). The zero-order chi connectivity index (χ0) is 19.2. The number of ether oxygens (including phenoxy) is 1. The van der Waals surface area contributed by atoms with Gasteiger partial charge in [0.05, 0.1) is 5.56 Å². The summed E-state index contributed by atoms with van der Waals surface area (Å²) in [5.74, 6) is -0.892. The Balaban J connectivity index is 1.71. The van der Waals surface area contributed by atoms with E-state index >= 15 is 0 Å². The maximum absolute atomic E-state index is 12.5. The van der Waals surface area contributed by atoms with Crippen LogP contribution >= 0.6 is 0 Å². The van der Waals surface area contributed by atoms with Gasteiger partial charge < -0.3 is 10.1 Å². The molecule has 0 aromatic heterocycles. The number of nitrogens with one attached hydrogen (secondary N) is 1. The van der Waals surface area contributed by atoms with E-state index < -0.39 is 12.1 Å². The van der Waals surface area contributed by atoms with Gasteiger partial charge in [0.25, 0.3) is 5.91 Å². The summed E-state index contributed by atoms with van der Waals surface area (Å²) in [6.45, 7) is 3.46. The third-order valence-corrected chi connectivity index (χ3v) is 4.18. The normalized spacial score (nSPS) is 11.5. The van der Waals surface area contributed by atoms with Crippen molar-refractivity contribution in [1.29, 1.82) is 0 Å². The molecule has 27 heavy (non-hydrogen) atoms. The third kappa shape index (κ3) is 4.61. The molecule has 0 spiro atoms. The van der Waals surface area contributed by atoms with E-state index in [4.69, 9.17) is 4.74 Å². The summed E-state index contributed by atoms with van der Waals surface area (Å²) in [6.07, 6.45) is -0.915. The van der Waals surface area contributed by atoms with Crippen LogP contribution in [0.5, 0.6) is 0 Å². The molecule has 136 valence electrons. The molecule has 0 aliphatic heterocycles. The molecule has 0 aliphatic rings. The van der Waals surface area contributed by atoms with Crippen molar-refractivity contribution in [2.45, 2.75) is 20.0 Å². The molecule has 0 saturated heterocycles. The predicted octanol–water partition coefficient (Wildman–Crippen LogP) is 4.85. The van der Waals surface area contributed by atoms with Gasteiger partial charge in [0, 0.05) is 11.3 Å². The Morgan fingerprint density at radius 1 is 0.889 bits per heavy atom. The molecule has 4 heteroatoms. The number of esters is 1.